The van der Waals surface area contributed by atoms with Gasteiger partial charge in [-0.1, -0.05) is 18.0 Å². The van der Waals surface area contributed by atoms with E-state index >= 15 is 0 Å². The predicted molar refractivity (Wildman–Crippen MR) is 85.1 cm³/mol. The summed E-state index contributed by atoms with van der Waals surface area (Å²) in [6.07, 6.45) is 9.14. The van der Waals surface area contributed by atoms with Crippen molar-refractivity contribution in [2.75, 3.05) is 0 Å². The van der Waals surface area contributed by atoms with Crippen LogP contribution in [0.2, 0.25) is 5.15 Å². The molecule has 2 aromatic rings. The molecule has 0 radical (unpaired) electrons. The summed E-state index contributed by atoms with van der Waals surface area (Å²) >= 11 is 6.08. The van der Waals surface area contributed by atoms with E-state index in [1.807, 2.05) is 6.92 Å². The fourth-order valence-corrected chi connectivity index (χ4v) is 3.27. The fraction of sp³-hybridized carbons (Fsp3) is 0.529. The van der Waals surface area contributed by atoms with Crippen molar-refractivity contribution in [1.82, 2.24) is 9.97 Å². The maximum absolute atomic E-state index is 11.0. The molecule has 4 nitrogen and oxygen atoms in total. The highest BCUT2D eigenvalue weighted by atomic mass is 35.5. The van der Waals surface area contributed by atoms with Gasteiger partial charge >= 0.3 is 0 Å². The van der Waals surface area contributed by atoms with Crippen molar-refractivity contribution >= 4 is 22.4 Å². The first kappa shape index (κ1) is 14.2. The van der Waals surface area contributed by atoms with E-state index in [-0.39, 0.29) is 12.0 Å². The van der Waals surface area contributed by atoms with E-state index in [0.29, 0.717) is 11.0 Å². The van der Waals surface area contributed by atoms with Gasteiger partial charge in [0.25, 0.3) is 0 Å². The number of ether oxygens (including phenoxy) is 1. The van der Waals surface area contributed by atoms with Crippen LogP contribution in [-0.4, -0.2) is 21.2 Å². The molecular formula is C17H19ClN2O2. The number of rotatable bonds is 4. The fourth-order valence-electron chi connectivity index (χ4n) is 3.12. The summed E-state index contributed by atoms with van der Waals surface area (Å²) in [6, 6.07) is 1.81. The molecule has 5 heteroatoms. The average molecular weight is 319 g/mol. The van der Waals surface area contributed by atoms with Crippen LogP contribution < -0.4 is 4.74 Å². The molecule has 1 N–H and O–H groups in total. The van der Waals surface area contributed by atoms with Crippen LogP contribution in [0.3, 0.4) is 0 Å². The second-order valence-corrected chi connectivity index (χ2v) is 7.01. The number of aliphatic hydroxyl groups is 1. The Bertz CT molecular complexity index is 724. The highest BCUT2D eigenvalue weighted by Gasteiger charge is 2.39. The molecule has 2 heterocycles. The minimum atomic E-state index is -0.897. The summed E-state index contributed by atoms with van der Waals surface area (Å²) in [4.78, 5) is 8.62. The summed E-state index contributed by atoms with van der Waals surface area (Å²) in [6.45, 7) is 1.88. The van der Waals surface area contributed by atoms with Crippen molar-refractivity contribution in [1.29, 1.82) is 0 Å². The number of hydrogen-bond donors (Lipinski definition) is 1. The topological polar surface area (TPSA) is 55.2 Å². The lowest BCUT2D eigenvalue weighted by Crippen LogP contribution is -2.36. The monoisotopic (exact) mass is 318 g/mol. The molecule has 4 rings (SSSR count). The maximum atomic E-state index is 11.0. The standard InChI is InChI=1S/C17H19ClN2O2/c1-17(21,10-3-2-4-10)14-9-20-16(22-11-5-6-11)13-8-19-15(18)7-12(13)14/h7-11,21H,2-6H2,1H3/t17-/m1/s1. The molecule has 0 unspecified atom stereocenters. The third-order valence-corrected chi connectivity index (χ3v) is 5.16. The highest BCUT2D eigenvalue weighted by Crippen LogP contribution is 2.45. The van der Waals surface area contributed by atoms with Crippen LogP contribution in [0.15, 0.2) is 18.5 Å². The number of pyridine rings is 2. The number of halogens is 1. The Hall–Kier alpha value is -1.39. The molecule has 2 saturated carbocycles. The Morgan fingerprint density at radius 2 is 1.95 bits per heavy atom. The van der Waals surface area contributed by atoms with Gasteiger partial charge in [0.15, 0.2) is 0 Å². The third kappa shape index (κ3) is 2.34. The maximum Gasteiger partial charge on any atom is 0.223 e. The number of hydrogen-bond acceptors (Lipinski definition) is 4. The molecule has 0 saturated heterocycles. The van der Waals surface area contributed by atoms with Gasteiger partial charge in [-0.15, -0.1) is 0 Å². The van der Waals surface area contributed by atoms with Crippen LogP contribution in [0.25, 0.3) is 10.8 Å². The molecule has 22 heavy (non-hydrogen) atoms. The molecule has 1 atom stereocenters. The predicted octanol–water partition coefficient (Wildman–Crippen LogP) is 3.83. The second-order valence-electron chi connectivity index (χ2n) is 6.62. The summed E-state index contributed by atoms with van der Waals surface area (Å²) < 4.78 is 5.87. The van der Waals surface area contributed by atoms with Crippen molar-refractivity contribution in [2.45, 2.75) is 50.7 Å². The molecule has 0 spiro atoms. The van der Waals surface area contributed by atoms with Gasteiger partial charge in [0, 0.05) is 18.0 Å². The summed E-state index contributed by atoms with van der Waals surface area (Å²) in [5.74, 6) is 0.870. The van der Waals surface area contributed by atoms with Crippen LogP contribution in [0.5, 0.6) is 5.88 Å². The molecule has 2 aromatic heterocycles. The van der Waals surface area contributed by atoms with Crippen molar-refractivity contribution in [2.24, 2.45) is 5.92 Å². The molecule has 0 bridgehead atoms. The zero-order valence-electron chi connectivity index (χ0n) is 12.6. The minimum Gasteiger partial charge on any atom is -0.474 e. The van der Waals surface area contributed by atoms with Crippen LogP contribution in [0.1, 0.15) is 44.6 Å². The van der Waals surface area contributed by atoms with Gasteiger partial charge in [-0.2, -0.15) is 0 Å². The Labute approximate surface area is 134 Å². The Balaban J connectivity index is 1.85. The van der Waals surface area contributed by atoms with E-state index < -0.39 is 5.60 Å². The lowest BCUT2D eigenvalue weighted by Gasteiger charge is -2.39. The summed E-state index contributed by atoms with van der Waals surface area (Å²) in [5, 5.41) is 13.2. The van der Waals surface area contributed by atoms with Gasteiger partial charge in [-0.25, -0.2) is 9.97 Å². The van der Waals surface area contributed by atoms with Gasteiger partial charge in [-0.05, 0) is 50.0 Å². The third-order valence-electron chi connectivity index (χ3n) is 4.95. The van der Waals surface area contributed by atoms with Crippen LogP contribution in [0, 0.1) is 5.92 Å². The molecule has 0 aromatic carbocycles. The van der Waals surface area contributed by atoms with Crippen molar-refractivity contribution in [3.63, 3.8) is 0 Å². The Morgan fingerprint density at radius 3 is 2.59 bits per heavy atom. The van der Waals surface area contributed by atoms with E-state index in [4.69, 9.17) is 16.3 Å². The van der Waals surface area contributed by atoms with Crippen LogP contribution in [0.4, 0.5) is 0 Å². The Kier molecular flexibility index (Phi) is 3.27. The molecule has 0 amide bonds. The lowest BCUT2D eigenvalue weighted by molar-refractivity contribution is -0.0389. The zero-order chi connectivity index (χ0) is 15.3. The van der Waals surface area contributed by atoms with Crippen LogP contribution >= 0.6 is 11.6 Å². The van der Waals surface area contributed by atoms with E-state index in [0.717, 1.165) is 42.0 Å². The van der Waals surface area contributed by atoms with Crippen molar-refractivity contribution < 1.29 is 9.84 Å². The minimum absolute atomic E-state index is 0.268. The number of aromatic nitrogens is 2. The molecule has 2 aliphatic carbocycles. The van der Waals surface area contributed by atoms with Gasteiger partial charge < -0.3 is 9.84 Å². The van der Waals surface area contributed by atoms with E-state index in [1.54, 1.807) is 18.5 Å². The second kappa shape index (κ2) is 5.07. The molecule has 0 aliphatic heterocycles. The largest absolute Gasteiger partial charge is 0.474 e. The lowest BCUT2D eigenvalue weighted by atomic mass is 9.70. The smallest absolute Gasteiger partial charge is 0.223 e. The van der Waals surface area contributed by atoms with E-state index in [9.17, 15) is 5.11 Å². The van der Waals surface area contributed by atoms with Gasteiger partial charge in [-0.3, -0.25) is 0 Å². The first-order valence-corrected chi connectivity index (χ1v) is 8.27. The first-order chi connectivity index (χ1) is 10.6. The van der Waals surface area contributed by atoms with Gasteiger partial charge in [0.2, 0.25) is 5.88 Å². The van der Waals surface area contributed by atoms with E-state index in [2.05, 4.69) is 9.97 Å². The SMILES string of the molecule is C[C@](O)(c1cnc(OC2CC2)c2cnc(Cl)cc12)C1CCC1. The quantitative estimate of drug-likeness (QED) is 0.870. The van der Waals surface area contributed by atoms with Gasteiger partial charge in [0.05, 0.1) is 11.0 Å². The van der Waals surface area contributed by atoms with Gasteiger partial charge in [0.1, 0.15) is 11.3 Å². The van der Waals surface area contributed by atoms with Crippen molar-refractivity contribution in [3.8, 4) is 5.88 Å². The molecule has 2 fully saturated rings. The highest BCUT2D eigenvalue weighted by molar-refractivity contribution is 6.30. The molecule has 2 aliphatic rings. The van der Waals surface area contributed by atoms with Crippen LogP contribution in [-0.2, 0) is 5.60 Å². The van der Waals surface area contributed by atoms with Crippen molar-refractivity contribution in [3.05, 3.63) is 29.2 Å². The molecular weight excluding hydrogens is 300 g/mol. The average Bonchev–Trinajstić information content (AvgIpc) is 3.19. The summed E-state index contributed by atoms with van der Waals surface area (Å²) in [7, 11) is 0. The number of nitrogens with zero attached hydrogens (tertiary/aromatic N) is 2. The normalized spacial score (nSPS) is 21.4. The van der Waals surface area contributed by atoms with E-state index in [1.165, 1.54) is 6.42 Å². The number of fused-ring (bicyclic) bond motifs is 1. The summed E-state index contributed by atoms with van der Waals surface area (Å²) in [5.41, 5.74) is -0.0774. The Morgan fingerprint density at radius 1 is 1.18 bits per heavy atom. The first-order valence-electron chi connectivity index (χ1n) is 7.89. The molecule has 116 valence electrons. The zero-order valence-corrected chi connectivity index (χ0v) is 13.3.